The summed E-state index contributed by atoms with van der Waals surface area (Å²) < 4.78 is 4.94. The van der Waals surface area contributed by atoms with Crippen LogP contribution in [0.3, 0.4) is 0 Å². The molecule has 98 valence electrons. The van der Waals surface area contributed by atoms with Gasteiger partial charge in [-0.25, -0.2) is 0 Å². The maximum absolute atomic E-state index is 12.1. The maximum Gasteiger partial charge on any atom is 0.319 e. The monoisotopic (exact) mass is 241 g/mol. The van der Waals surface area contributed by atoms with Crippen molar-refractivity contribution in [1.82, 2.24) is 4.90 Å². The average molecular weight is 241 g/mol. The molecular formula is C13H23NO3. The number of piperidine rings is 1. The van der Waals surface area contributed by atoms with E-state index < -0.39 is 11.4 Å². The van der Waals surface area contributed by atoms with Gasteiger partial charge in [0, 0.05) is 0 Å². The van der Waals surface area contributed by atoms with Crippen LogP contribution in [0.15, 0.2) is 0 Å². The van der Waals surface area contributed by atoms with E-state index in [0.717, 1.165) is 25.9 Å². The van der Waals surface area contributed by atoms with E-state index in [1.807, 2.05) is 0 Å². The van der Waals surface area contributed by atoms with Crippen molar-refractivity contribution >= 4 is 11.8 Å². The fourth-order valence-electron chi connectivity index (χ4n) is 1.94. The molecule has 0 unspecified atom stereocenters. The van der Waals surface area contributed by atoms with E-state index in [4.69, 9.17) is 4.74 Å². The van der Waals surface area contributed by atoms with Gasteiger partial charge in [-0.2, -0.15) is 0 Å². The quantitative estimate of drug-likeness (QED) is 0.542. The standard InChI is InChI=1S/C13H23NO3/c1-4-17-12(16)13(2,3)11(15)10-14-8-6-5-7-9-14/h4-10H2,1-3H3. The van der Waals surface area contributed by atoms with Crippen molar-refractivity contribution in [2.75, 3.05) is 26.2 Å². The lowest BCUT2D eigenvalue weighted by molar-refractivity contribution is -0.158. The Morgan fingerprint density at radius 3 is 2.29 bits per heavy atom. The number of carbonyl (C=O) groups excluding carboxylic acids is 2. The average Bonchev–Trinajstić information content (AvgIpc) is 2.30. The Balaban J connectivity index is 2.52. The number of carbonyl (C=O) groups is 2. The van der Waals surface area contributed by atoms with Crippen LogP contribution in [0.1, 0.15) is 40.0 Å². The molecule has 1 saturated heterocycles. The number of Topliss-reactive ketones (excluding diaryl/α,β-unsaturated/α-hetero) is 1. The summed E-state index contributed by atoms with van der Waals surface area (Å²) in [6.45, 7) is 7.66. The molecule has 1 heterocycles. The van der Waals surface area contributed by atoms with Crippen LogP contribution in [-0.4, -0.2) is 42.9 Å². The molecule has 1 rings (SSSR count). The number of ketones is 1. The molecule has 0 spiro atoms. The summed E-state index contributed by atoms with van der Waals surface area (Å²) in [5.74, 6) is -0.458. The molecule has 4 nitrogen and oxygen atoms in total. The van der Waals surface area contributed by atoms with Crippen molar-refractivity contribution in [3.05, 3.63) is 0 Å². The Morgan fingerprint density at radius 2 is 1.76 bits per heavy atom. The summed E-state index contributed by atoms with van der Waals surface area (Å²) in [5.41, 5.74) is -1.02. The number of nitrogens with zero attached hydrogens (tertiary/aromatic N) is 1. The van der Waals surface area contributed by atoms with Crippen LogP contribution >= 0.6 is 0 Å². The number of hydrogen-bond acceptors (Lipinski definition) is 4. The Kier molecular flexibility index (Phi) is 5.12. The van der Waals surface area contributed by atoms with Gasteiger partial charge in [-0.15, -0.1) is 0 Å². The van der Waals surface area contributed by atoms with Crippen LogP contribution in [0.5, 0.6) is 0 Å². The highest BCUT2D eigenvalue weighted by atomic mass is 16.5. The molecule has 1 aliphatic rings. The van der Waals surface area contributed by atoms with E-state index >= 15 is 0 Å². The van der Waals surface area contributed by atoms with Gasteiger partial charge in [0.1, 0.15) is 5.41 Å². The molecule has 0 aliphatic carbocycles. The van der Waals surface area contributed by atoms with Gasteiger partial charge in [-0.1, -0.05) is 6.42 Å². The van der Waals surface area contributed by atoms with Crippen LogP contribution in [0.2, 0.25) is 0 Å². The van der Waals surface area contributed by atoms with Crippen molar-refractivity contribution in [1.29, 1.82) is 0 Å². The highest BCUT2D eigenvalue weighted by Gasteiger charge is 2.37. The van der Waals surface area contributed by atoms with E-state index in [-0.39, 0.29) is 5.78 Å². The van der Waals surface area contributed by atoms with E-state index in [1.165, 1.54) is 6.42 Å². The van der Waals surface area contributed by atoms with Gasteiger partial charge < -0.3 is 4.74 Å². The Hall–Kier alpha value is -0.900. The third-order valence-electron chi connectivity index (χ3n) is 3.30. The molecule has 0 saturated carbocycles. The molecule has 0 N–H and O–H groups in total. The summed E-state index contributed by atoms with van der Waals surface area (Å²) >= 11 is 0. The van der Waals surface area contributed by atoms with E-state index in [2.05, 4.69) is 4.90 Å². The maximum atomic E-state index is 12.1. The Bertz CT molecular complexity index is 280. The number of likely N-dealkylation sites (tertiary alicyclic amines) is 1. The minimum Gasteiger partial charge on any atom is -0.465 e. The van der Waals surface area contributed by atoms with E-state index in [1.54, 1.807) is 20.8 Å². The van der Waals surface area contributed by atoms with Crippen molar-refractivity contribution in [3.63, 3.8) is 0 Å². The molecule has 0 atom stereocenters. The van der Waals surface area contributed by atoms with Gasteiger partial charge in [0.2, 0.25) is 0 Å². The van der Waals surface area contributed by atoms with Crippen molar-refractivity contribution in [2.24, 2.45) is 5.41 Å². The molecule has 0 aromatic heterocycles. The van der Waals surface area contributed by atoms with Gasteiger partial charge >= 0.3 is 5.97 Å². The predicted octanol–water partition coefficient (Wildman–Crippen LogP) is 1.63. The summed E-state index contributed by atoms with van der Waals surface area (Å²) in [4.78, 5) is 25.9. The zero-order valence-corrected chi connectivity index (χ0v) is 11.1. The molecule has 0 radical (unpaired) electrons. The first-order chi connectivity index (χ1) is 7.98. The molecule has 0 aromatic carbocycles. The molecular weight excluding hydrogens is 218 g/mol. The van der Waals surface area contributed by atoms with Gasteiger partial charge in [0.15, 0.2) is 5.78 Å². The summed E-state index contributed by atoms with van der Waals surface area (Å²) in [5, 5.41) is 0. The number of rotatable bonds is 5. The van der Waals surface area contributed by atoms with Crippen LogP contribution in [0.25, 0.3) is 0 Å². The minimum atomic E-state index is -1.02. The number of ether oxygens (including phenoxy) is 1. The first-order valence-electron chi connectivity index (χ1n) is 6.41. The largest absolute Gasteiger partial charge is 0.465 e. The first-order valence-corrected chi connectivity index (χ1v) is 6.41. The lowest BCUT2D eigenvalue weighted by atomic mass is 9.87. The van der Waals surface area contributed by atoms with E-state index in [9.17, 15) is 9.59 Å². The Morgan fingerprint density at radius 1 is 1.18 bits per heavy atom. The van der Waals surface area contributed by atoms with Gasteiger partial charge in [-0.3, -0.25) is 14.5 Å². The molecule has 1 aliphatic heterocycles. The van der Waals surface area contributed by atoms with E-state index in [0.29, 0.717) is 13.2 Å². The molecule has 0 amide bonds. The highest BCUT2D eigenvalue weighted by Crippen LogP contribution is 2.20. The zero-order valence-electron chi connectivity index (χ0n) is 11.1. The minimum absolute atomic E-state index is 0.0437. The second kappa shape index (κ2) is 6.15. The summed E-state index contributed by atoms with van der Waals surface area (Å²) in [7, 11) is 0. The topological polar surface area (TPSA) is 46.6 Å². The molecule has 4 heteroatoms. The second-order valence-electron chi connectivity index (χ2n) is 5.11. The smallest absolute Gasteiger partial charge is 0.319 e. The SMILES string of the molecule is CCOC(=O)C(C)(C)C(=O)CN1CCCCC1. The summed E-state index contributed by atoms with van der Waals surface area (Å²) in [6.07, 6.45) is 3.53. The molecule has 17 heavy (non-hydrogen) atoms. The fourth-order valence-corrected chi connectivity index (χ4v) is 1.94. The van der Waals surface area contributed by atoms with Gasteiger partial charge in [-0.05, 0) is 46.7 Å². The second-order valence-corrected chi connectivity index (χ2v) is 5.11. The van der Waals surface area contributed by atoms with Crippen molar-refractivity contribution in [3.8, 4) is 0 Å². The molecule has 0 aromatic rings. The molecule has 1 fully saturated rings. The lowest BCUT2D eigenvalue weighted by Gasteiger charge is -2.29. The van der Waals surface area contributed by atoms with Crippen molar-refractivity contribution < 1.29 is 14.3 Å². The normalized spacial score (nSPS) is 17.8. The highest BCUT2D eigenvalue weighted by molar-refractivity contribution is 6.03. The third kappa shape index (κ3) is 3.80. The summed E-state index contributed by atoms with van der Waals surface area (Å²) in [6, 6.07) is 0. The predicted molar refractivity (Wildman–Crippen MR) is 65.7 cm³/mol. The Labute approximate surface area is 103 Å². The van der Waals surface area contributed by atoms with Crippen LogP contribution in [0, 0.1) is 5.41 Å². The zero-order chi connectivity index (χ0) is 12.9. The lowest BCUT2D eigenvalue weighted by Crippen LogP contribution is -2.43. The fraction of sp³-hybridized carbons (Fsp3) is 0.846. The third-order valence-corrected chi connectivity index (χ3v) is 3.30. The van der Waals surface area contributed by atoms with Crippen molar-refractivity contribution in [2.45, 2.75) is 40.0 Å². The number of esters is 1. The van der Waals surface area contributed by atoms with Gasteiger partial charge in [0.25, 0.3) is 0 Å². The van der Waals surface area contributed by atoms with Crippen LogP contribution in [0.4, 0.5) is 0 Å². The number of hydrogen-bond donors (Lipinski definition) is 0. The van der Waals surface area contributed by atoms with Crippen LogP contribution < -0.4 is 0 Å². The first kappa shape index (κ1) is 14.2. The molecule has 0 bridgehead atoms. The van der Waals surface area contributed by atoms with Crippen LogP contribution in [-0.2, 0) is 14.3 Å². The van der Waals surface area contributed by atoms with Gasteiger partial charge in [0.05, 0.1) is 13.2 Å².